The van der Waals surface area contributed by atoms with E-state index in [0.29, 0.717) is 26.4 Å². The summed E-state index contributed by atoms with van der Waals surface area (Å²) in [5, 5.41) is 6.70. The lowest BCUT2D eigenvalue weighted by atomic mass is 10.1. The number of ether oxygens (including phenoxy) is 2. The number of guanidine groups is 1. The van der Waals surface area contributed by atoms with Crippen molar-refractivity contribution < 1.29 is 9.47 Å². The minimum atomic E-state index is 0.536. The van der Waals surface area contributed by atoms with E-state index < -0.39 is 0 Å². The summed E-state index contributed by atoms with van der Waals surface area (Å²) in [5.74, 6) is 2.58. The van der Waals surface area contributed by atoms with Crippen LogP contribution >= 0.6 is 0 Å². The highest BCUT2D eigenvalue weighted by Crippen LogP contribution is 2.20. The minimum absolute atomic E-state index is 0.536. The second kappa shape index (κ2) is 11.2. The molecule has 0 aliphatic carbocycles. The van der Waals surface area contributed by atoms with Crippen molar-refractivity contribution in [3.63, 3.8) is 0 Å². The van der Waals surface area contributed by atoms with E-state index in [9.17, 15) is 0 Å². The van der Waals surface area contributed by atoms with E-state index in [1.807, 2.05) is 31.2 Å². The predicted molar refractivity (Wildman–Crippen MR) is 121 cm³/mol. The van der Waals surface area contributed by atoms with Crippen LogP contribution in [0.4, 0.5) is 0 Å². The van der Waals surface area contributed by atoms with E-state index in [1.165, 1.54) is 5.56 Å². The van der Waals surface area contributed by atoms with Crippen LogP contribution in [0.5, 0.6) is 5.75 Å². The van der Waals surface area contributed by atoms with Gasteiger partial charge in [-0.2, -0.15) is 0 Å². The zero-order valence-electron chi connectivity index (χ0n) is 18.0. The summed E-state index contributed by atoms with van der Waals surface area (Å²) < 4.78 is 11.3. The molecule has 0 unspecified atom stereocenters. The second-order valence-corrected chi connectivity index (χ2v) is 6.96. The van der Waals surface area contributed by atoms with Gasteiger partial charge in [0.25, 0.3) is 0 Å². The van der Waals surface area contributed by atoms with E-state index >= 15 is 0 Å². The minimum Gasteiger partial charge on any atom is -0.491 e. The molecule has 0 bridgehead atoms. The van der Waals surface area contributed by atoms with Crippen LogP contribution in [0.15, 0.2) is 47.5 Å². The van der Waals surface area contributed by atoms with E-state index in [4.69, 9.17) is 9.47 Å². The van der Waals surface area contributed by atoms with Gasteiger partial charge in [0, 0.05) is 38.7 Å². The van der Waals surface area contributed by atoms with Crippen molar-refractivity contribution in [3.8, 4) is 5.75 Å². The van der Waals surface area contributed by atoms with E-state index in [0.717, 1.165) is 47.1 Å². The Kier molecular flexibility index (Phi) is 8.09. The molecule has 1 aromatic heterocycles. The molecular weight excluding hydrogens is 378 g/mol. The molecule has 0 aliphatic rings. The van der Waals surface area contributed by atoms with E-state index in [1.54, 1.807) is 7.05 Å². The average Bonchev–Trinajstić information content (AvgIpc) is 3.17. The van der Waals surface area contributed by atoms with Crippen molar-refractivity contribution in [1.29, 1.82) is 0 Å². The Morgan fingerprint density at radius 2 is 2.00 bits per heavy atom. The molecule has 7 heteroatoms. The molecule has 0 aliphatic heterocycles. The molecule has 3 rings (SSSR count). The van der Waals surface area contributed by atoms with Crippen LogP contribution in [0.3, 0.4) is 0 Å². The van der Waals surface area contributed by atoms with Crippen molar-refractivity contribution >= 4 is 17.0 Å². The Labute approximate surface area is 177 Å². The number of hydrogen-bond acceptors (Lipinski definition) is 4. The third-order valence-electron chi connectivity index (χ3n) is 4.67. The van der Waals surface area contributed by atoms with Gasteiger partial charge in [-0.3, -0.25) is 4.99 Å². The standard InChI is InChI=1S/C23H31N5O2/c1-4-29-13-14-30-21-15-17(2)9-10-18(21)16-26-23(24-3)25-12-11-22-27-19-7-5-6-8-20(19)28-22/h5-10,15H,4,11-14,16H2,1-3H3,(H,27,28)(H2,24,25,26). The van der Waals surface area contributed by atoms with Crippen molar-refractivity contribution in [3.05, 3.63) is 59.4 Å². The highest BCUT2D eigenvalue weighted by Gasteiger charge is 2.07. The number of aromatic nitrogens is 2. The van der Waals surface area contributed by atoms with Gasteiger partial charge >= 0.3 is 0 Å². The van der Waals surface area contributed by atoms with Gasteiger partial charge in [0.1, 0.15) is 18.2 Å². The van der Waals surface area contributed by atoms with Crippen LogP contribution < -0.4 is 15.4 Å². The van der Waals surface area contributed by atoms with Crippen LogP contribution in [0.1, 0.15) is 23.9 Å². The number of aliphatic imine (C=N–C) groups is 1. The smallest absolute Gasteiger partial charge is 0.191 e. The van der Waals surface area contributed by atoms with Gasteiger partial charge in [0.2, 0.25) is 0 Å². The number of imidazole rings is 1. The summed E-state index contributed by atoms with van der Waals surface area (Å²) in [7, 11) is 1.77. The van der Waals surface area contributed by atoms with Crippen LogP contribution in [-0.2, 0) is 17.7 Å². The third kappa shape index (κ3) is 6.22. The van der Waals surface area contributed by atoms with Gasteiger partial charge < -0.3 is 25.1 Å². The number of hydrogen-bond donors (Lipinski definition) is 3. The molecule has 0 saturated carbocycles. The molecule has 0 saturated heterocycles. The number of fused-ring (bicyclic) bond motifs is 1. The SMILES string of the molecule is CCOCCOc1cc(C)ccc1CNC(=NC)NCCc1nc2ccccc2[nH]1. The number of benzene rings is 2. The van der Waals surface area contributed by atoms with Crippen molar-refractivity contribution in [2.75, 3.05) is 33.4 Å². The van der Waals surface area contributed by atoms with Crippen LogP contribution in [-0.4, -0.2) is 49.3 Å². The summed E-state index contributed by atoms with van der Waals surface area (Å²) in [5.41, 5.74) is 4.30. The number of rotatable bonds is 10. The highest BCUT2D eigenvalue weighted by atomic mass is 16.5. The number of H-pyrrole nitrogens is 1. The van der Waals surface area contributed by atoms with Gasteiger partial charge in [0.15, 0.2) is 5.96 Å². The molecule has 160 valence electrons. The quantitative estimate of drug-likeness (QED) is 0.272. The fourth-order valence-corrected chi connectivity index (χ4v) is 3.12. The second-order valence-electron chi connectivity index (χ2n) is 6.96. The highest BCUT2D eigenvalue weighted by molar-refractivity contribution is 5.79. The molecular formula is C23H31N5O2. The first kappa shape index (κ1) is 21.6. The van der Waals surface area contributed by atoms with Crippen molar-refractivity contribution in [2.45, 2.75) is 26.8 Å². The molecule has 0 radical (unpaired) electrons. The zero-order chi connectivity index (χ0) is 21.2. The van der Waals surface area contributed by atoms with Gasteiger partial charge in [-0.1, -0.05) is 24.3 Å². The van der Waals surface area contributed by atoms with Gasteiger partial charge in [0.05, 0.1) is 17.6 Å². The maximum absolute atomic E-state index is 5.92. The largest absolute Gasteiger partial charge is 0.491 e. The Morgan fingerprint density at radius 3 is 2.80 bits per heavy atom. The molecule has 0 fully saturated rings. The number of para-hydroxylation sites is 2. The van der Waals surface area contributed by atoms with Gasteiger partial charge in [-0.05, 0) is 37.6 Å². The summed E-state index contributed by atoms with van der Waals surface area (Å²) >= 11 is 0. The van der Waals surface area contributed by atoms with E-state index in [-0.39, 0.29) is 0 Å². The third-order valence-corrected chi connectivity index (χ3v) is 4.67. The first-order valence-corrected chi connectivity index (χ1v) is 10.4. The lowest BCUT2D eigenvalue weighted by Crippen LogP contribution is -2.38. The monoisotopic (exact) mass is 409 g/mol. The van der Waals surface area contributed by atoms with Crippen molar-refractivity contribution in [1.82, 2.24) is 20.6 Å². The normalized spacial score (nSPS) is 11.6. The number of nitrogens with one attached hydrogen (secondary N) is 3. The summed E-state index contributed by atoms with van der Waals surface area (Å²) in [6.07, 6.45) is 0.783. The van der Waals surface area contributed by atoms with Gasteiger partial charge in [-0.15, -0.1) is 0 Å². The summed E-state index contributed by atoms with van der Waals surface area (Å²) in [6, 6.07) is 14.3. The van der Waals surface area contributed by atoms with Crippen LogP contribution in [0.2, 0.25) is 0 Å². The van der Waals surface area contributed by atoms with Crippen LogP contribution in [0.25, 0.3) is 11.0 Å². The fraction of sp³-hybridized carbons (Fsp3) is 0.391. The molecule has 2 aromatic carbocycles. The Morgan fingerprint density at radius 1 is 1.13 bits per heavy atom. The van der Waals surface area contributed by atoms with Gasteiger partial charge in [-0.25, -0.2) is 4.98 Å². The fourth-order valence-electron chi connectivity index (χ4n) is 3.12. The maximum Gasteiger partial charge on any atom is 0.191 e. The number of nitrogens with zero attached hydrogens (tertiary/aromatic N) is 2. The molecule has 0 spiro atoms. The summed E-state index contributed by atoms with van der Waals surface area (Å²) in [6.45, 7) is 7.21. The van der Waals surface area contributed by atoms with Crippen molar-refractivity contribution in [2.24, 2.45) is 4.99 Å². The topological polar surface area (TPSA) is 83.6 Å². The Balaban J connectivity index is 1.50. The molecule has 30 heavy (non-hydrogen) atoms. The molecule has 7 nitrogen and oxygen atoms in total. The first-order valence-electron chi connectivity index (χ1n) is 10.4. The lowest BCUT2D eigenvalue weighted by Gasteiger charge is -2.15. The molecule has 1 heterocycles. The van der Waals surface area contributed by atoms with Crippen LogP contribution in [0, 0.1) is 6.92 Å². The summed E-state index contributed by atoms with van der Waals surface area (Å²) in [4.78, 5) is 12.3. The lowest BCUT2D eigenvalue weighted by molar-refractivity contribution is 0.110. The molecule has 0 atom stereocenters. The molecule has 0 amide bonds. The Bertz CT molecular complexity index is 934. The number of aryl methyl sites for hydroxylation is 1. The molecule has 3 aromatic rings. The Hall–Kier alpha value is -3.06. The molecule has 3 N–H and O–H groups in total. The van der Waals surface area contributed by atoms with E-state index in [2.05, 4.69) is 50.7 Å². The number of aromatic amines is 1. The predicted octanol–water partition coefficient (Wildman–Crippen LogP) is 3.19. The maximum atomic E-state index is 5.92. The average molecular weight is 410 g/mol. The zero-order valence-corrected chi connectivity index (χ0v) is 18.0. The first-order chi connectivity index (χ1) is 14.7.